The van der Waals surface area contributed by atoms with E-state index in [0.717, 1.165) is 37.7 Å². The zero-order valence-electron chi connectivity index (χ0n) is 15.9. The lowest BCUT2D eigenvalue weighted by Crippen LogP contribution is -2.48. The van der Waals surface area contributed by atoms with Gasteiger partial charge in [0, 0.05) is 31.1 Å². The van der Waals surface area contributed by atoms with Crippen LogP contribution in [0, 0.1) is 0 Å². The molecule has 0 radical (unpaired) electrons. The topological polar surface area (TPSA) is 49.4 Å². The standard InChI is InChI=1S/C23H28N2O2/c1-18(26)24-21-13-8-14-22(17-21)25(16-15-19-9-4-2-5-10-19)23(27)20-11-6-3-7-12-20/h2-7,9-12,21-22H,8,13-17H2,1H3,(H,24,26)/t21-,22+/m0/s1. The Bertz CT molecular complexity index is 745. The van der Waals surface area contributed by atoms with Crippen molar-refractivity contribution in [2.45, 2.75) is 51.1 Å². The van der Waals surface area contributed by atoms with Crippen molar-refractivity contribution in [1.29, 1.82) is 0 Å². The minimum atomic E-state index is 0.00544. The molecule has 2 aromatic carbocycles. The van der Waals surface area contributed by atoms with Crippen LogP contribution in [0.15, 0.2) is 60.7 Å². The van der Waals surface area contributed by atoms with E-state index in [1.807, 2.05) is 53.4 Å². The first-order valence-electron chi connectivity index (χ1n) is 9.80. The summed E-state index contributed by atoms with van der Waals surface area (Å²) in [5.41, 5.74) is 1.96. The van der Waals surface area contributed by atoms with Gasteiger partial charge in [0.1, 0.15) is 0 Å². The van der Waals surface area contributed by atoms with Gasteiger partial charge in [0.15, 0.2) is 0 Å². The normalized spacial score (nSPS) is 19.3. The third kappa shape index (κ3) is 5.43. The van der Waals surface area contributed by atoms with Gasteiger partial charge in [-0.25, -0.2) is 0 Å². The monoisotopic (exact) mass is 364 g/mol. The minimum absolute atomic E-state index is 0.00544. The quantitative estimate of drug-likeness (QED) is 0.847. The lowest BCUT2D eigenvalue weighted by molar-refractivity contribution is -0.119. The number of rotatable bonds is 6. The van der Waals surface area contributed by atoms with Gasteiger partial charge in [-0.3, -0.25) is 9.59 Å². The number of hydrogen-bond acceptors (Lipinski definition) is 2. The van der Waals surface area contributed by atoms with Gasteiger partial charge < -0.3 is 10.2 Å². The van der Waals surface area contributed by atoms with E-state index in [2.05, 4.69) is 17.4 Å². The van der Waals surface area contributed by atoms with Crippen molar-refractivity contribution in [2.75, 3.05) is 6.54 Å². The second kappa shape index (κ2) is 9.36. The minimum Gasteiger partial charge on any atom is -0.354 e. The second-order valence-corrected chi connectivity index (χ2v) is 7.32. The molecule has 0 aromatic heterocycles. The third-order valence-electron chi connectivity index (χ3n) is 5.26. The Morgan fingerprint density at radius 1 is 1.00 bits per heavy atom. The molecule has 0 aliphatic heterocycles. The average Bonchev–Trinajstić information content (AvgIpc) is 2.69. The SMILES string of the molecule is CC(=O)N[C@H]1CCC[C@@H](N(CCc2ccccc2)C(=O)c2ccccc2)C1. The Balaban J connectivity index is 1.76. The maximum absolute atomic E-state index is 13.2. The Labute approximate surface area is 161 Å². The molecule has 0 heterocycles. The number of hydrogen-bond donors (Lipinski definition) is 1. The fraction of sp³-hybridized carbons (Fsp3) is 0.391. The molecule has 1 aliphatic rings. The number of amides is 2. The molecule has 1 N–H and O–H groups in total. The van der Waals surface area contributed by atoms with Gasteiger partial charge in [0.2, 0.25) is 5.91 Å². The molecule has 0 saturated heterocycles. The van der Waals surface area contributed by atoms with Crippen LogP contribution in [-0.2, 0) is 11.2 Å². The van der Waals surface area contributed by atoms with Gasteiger partial charge in [-0.05, 0) is 49.8 Å². The average molecular weight is 364 g/mol. The van der Waals surface area contributed by atoms with Crippen LogP contribution in [0.2, 0.25) is 0 Å². The number of nitrogens with zero attached hydrogens (tertiary/aromatic N) is 1. The summed E-state index contributed by atoms with van der Waals surface area (Å²) in [6.07, 6.45) is 4.67. The summed E-state index contributed by atoms with van der Waals surface area (Å²) >= 11 is 0. The summed E-state index contributed by atoms with van der Waals surface area (Å²) in [4.78, 5) is 26.7. The Hall–Kier alpha value is -2.62. The molecule has 0 bridgehead atoms. The molecule has 142 valence electrons. The molecule has 3 rings (SSSR count). The van der Waals surface area contributed by atoms with Crippen molar-refractivity contribution in [2.24, 2.45) is 0 Å². The molecule has 0 unspecified atom stereocenters. The van der Waals surface area contributed by atoms with Gasteiger partial charge in [0.25, 0.3) is 5.91 Å². The highest BCUT2D eigenvalue weighted by Gasteiger charge is 2.30. The van der Waals surface area contributed by atoms with Crippen molar-refractivity contribution in [3.8, 4) is 0 Å². The van der Waals surface area contributed by atoms with Crippen LogP contribution in [-0.4, -0.2) is 35.3 Å². The molecule has 2 atom stereocenters. The first-order valence-corrected chi connectivity index (χ1v) is 9.80. The third-order valence-corrected chi connectivity index (χ3v) is 5.26. The highest BCUT2D eigenvalue weighted by atomic mass is 16.2. The van der Waals surface area contributed by atoms with Crippen LogP contribution in [0.4, 0.5) is 0 Å². The Kier molecular flexibility index (Phi) is 6.64. The van der Waals surface area contributed by atoms with Crippen molar-refractivity contribution in [1.82, 2.24) is 10.2 Å². The Morgan fingerprint density at radius 3 is 2.33 bits per heavy atom. The zero-order valence-corrected chi connectivity index (χ0v) is 15.9. The van der Waals surface area contributed by atoms with Gasteiger partial charge >= 0.3 is 0 Å². The maximum Gasteiger partial charge on any atom is 0.254 e. The molecule has 1 fully saturated rings. The second-order valence-electron chi connectivity index (χ2n) is 7.32. The van der Waals surface area contributed by atoms with E-state index in [0.29, 0.717) is 6.54 Å². The van der Waals surface area contributed by atoms with Crippen molar-refractivity contribution in [3.05, 3.63) is 71.8 Å². The summed E-state index contributed by atoms with van der Waals surface area (Å²) in [5.74, 6) is 0.0888. The summed E-state index contributed by atoms with van der Waals surface area (Å²) in [5, 5.41) is 3.04. The van der Waals surface area contributed by atoms with Gasteiger partial charge in [0.05, 0.1) is 0 Å². The lowest BCUT2D eigenvalue weighted by atomic mass is 9.89. The van der Waals surface area contributed by atoms with E-state index in [1.54, 1.807) is 6.92 Å². The zero-order chi connectivity index (χ0) is 19.1. The number of nitrogens with one attached hydrogen (secondary N) is 1. The molecule has 2 amide bonds. The lowest BCUT2D eigenvalue weighted by Gasteiger charge is -2.38. The molecular weight excluding hydrogens is 336 g/mol. The van der Waals surface area contributed by atoms with E-state index in [9.17, 15) is 9.59 Å². The number of benzene rings is 2. The predicted molar refractivity (Wildman–Crippen MR) is 107 cm³/mol. The van der Waals surface area contributed by atoms with Crippen LogP contribution in [0.25, 0.3) is 0 Å². The number of carbonyl (C=O) groups is 2. The van der Waals surface area contributed by atoms with E-state index < -0.39 is 0 Å². The molecule has 1 aliphatic carbocycles. The fourth-order valence-electron chi connectivity index (χ4n) is 3.96. The maximum atomic E-state index is 13.2. The van der Waals surface area contributed by atoms with Crippen LogP contribution >= 0.6 is 0 Å². The summed E-state index contributed by atoms with van der Waals surface area (Å²) in [6.45, 7) is 2.25. The van der Waals surface area contributed by atoms with Crippen LogP contribution in [0.1, 0.15) is 48.5 Å². The highest BCUT2D eigenvalue weighted by molar-refractivity contribution is 5.94. The summed E-state index contributed by atoms with van der Waals surface area (Å²) < 4.78 is 0. The van der Waals surface area contributed by atoms with E-state index in [-0.39, 0.29) is 23.9 Å². The number of carbonyl (C=O) groups excluding carboxylic acids is 2. The molecule has 4 heteroatoms. The summed E-state index contributed by atoms with van der Waals surface area (Å²) in [6, 6.07) is 20.1. The van der Waals surface area contributed by atoms with Crippen LogP contribution < -0.4 is 5.32 Å². The van der Waals surface area contributed by atoms with Crippen molar-refractivity contribution >= 4 is 11.8 Å². The van der Waals surface area contributed by atoms with E-state index in [4.69, 9.17) is 0 Å². The van der Waals surface area contributed by atoms with Gasteiger partial charge in [-0.15, -0.1) is 0 Å². The molecule has 27 heavy (non-hydrogen) atoms. The van der Waals surface area contributed by atoms with Crippen LogP contribution in [0.5, 0.6) is 0 Å². The van der Waals surface area contributed by atoms with Gasteiger partial charge in [-0.1, -0.05) is 48.5 Å². The molecular formula is C23H28N2O2. The van der Waals surface area contributed by atoms with Crippen molar-refractivity contribution < 1.29 is 9.59 Å². The smallest absolute Gasteiger partial charge is 0.254 e. The predicted octanol–water partition coefficient (Wildman–Crippen LogP) is 3.82. The molecule has 2 aromatic rings. The van der Waals surface area contributed by atoms with E-state index in [1.165, 1.54) is 5.56 Å². The first-order chi connectivity index (χ1) is 13.1. The highest BCUT2D eigenvalue weighted by Crippen LogP contribution is 2.25. The van der Waals surface area contributed by atoms with E-state index >= 15 is 0 Å². The van der Waals surface area contributed by atoms with Gasteiger partial charge in [-0.2, -0.15) is 0 Å². The first kappa shape index (κ1) is 19.2. The van der Waals surface area contributed by atoms with Crippen LogP contribution in [0.3, 0.4) is 0 Å². The molecule has 1 saturated carbocycles. The molecule has 4 nitrogen and oxygen atoms in total. The fourth-order valence-corrected chi connectivity index (χ4v) is 3.96. The summed E-state index contributed by atoms with van der Waals surface area (Å²) in [7, 11) is 0. The largest absolute Gasteiger partial charge is 0.354 e. The van der Waals surface area contributed by atoms with Crippen molar-refractivity contribution in [3.63, 3.8) is 0 Å². The molecule has 0 spiro atoms. The Morgan fingerprint density at radius 2 is 1.67 bits per heavy atom.